The van der Waals surface area contributed by atoms with E-state index in [1.54, 1.807) is 18.2 Å². The van der Waals surface area contributed by atoms with E-state index in [9.17, 15) is 9.59 Å². The summed E-state index contributed by atoms with van der Waals surface area (Å²) in [6.45, 7) is 2.80. The number of aryl methyl sites for hydroxylation is 1. The topological polar surface area (TPSA) is 95.3 Å². The minimum Gasteiger partial charge on any atom is -0.486 e. The molecule has 5 rings (SSSR count). The van der Waals surface area contributed by atoms with Gasteiger partial charge in [0.25, 0.3) is 5.56 Å². The van der Waals surface area contributed by atoms with Gasteiger partial charge in [-0.25, -0.2) is 4.98 Å². The molecule has 1 aliphatic heterocycles. The fourth-order valence-corrected chi connectivity index (χ4v) is 4.23. The van der Waals surface area contributed by atoms with Crippen LogP contribution < -0.4 is 20.3 Å². The van der Waals surface area contributed by atoms with Crippen molar-refractivity contribution in [2.75, 3.05) is 18.5 Å². The van der Waals surface area contributed by atoms with Crippen LogP contribution in [0.1, 0.15) is 5.56 Å². The van der Waals surface area contributed by atoms with Gasteiger partial charge >= 0.3 is 0 Å². The van der Waals surface area contributed by atoms with Crippen molar-refractivity contribution < 1.29 is 14.3 Å². The third-order valence-electron chi connectivity index (χ3n) is 4.88. The number of nitrogens with one attached hydrogen (secondary N) is 1. The fourth-order valence-electron chi connectivity index (χ4n) is 3.43. The highest BCUT2D eigenvalue weighted by molar-refractivity contribution is 7.13. The van der Waals surface area contributed by atoms with Crippen molar-refractivity contribution in [1.29, 1.82) is 0 Å². The normalized spacial score (nSPS) is 12.7. The second-order valence-corrected chi connectivity index (χ2v) is 7.94. The summed E-state index contributed by atoms with van der Waals surface area (Å²) in [7, 11) is 0. The zero-order valence-corrected chi connectivity index (χ0v) is 17.4. The molecule has 0 unspecified atom stereocenters. The van der Waals surface area contributed by atoms with Crippen LogP contribution in [0, 0.1) is 6.92 Å². The minimum absolute atomic E-state index is 0.159. The Bertz CT molecular complexity index is 1360. The first-order valence-electron chi connectivity index (χ1n) is 9.70. The van der Waals surface area contributed by atoms with Crippen LogP contribution in [-0.2, 0) is 11.3 Å². The maximum atomic E-state index is 12.9. The largest absolute Gasteiger partial charge is 0.486 e. The van der Waals surface area contributed by atoms with E-state index in [-0.39, 0.29) is 18.0 Å². The van der Waals surface area contributed by atoms with E-state index in [4.69, 9.17) is 9.47 Å². The summed E-state index contributed by atoms with van der Waals surface area (Å²) in [6.07, 6.45) is 1.39. The Morgan fingerprint density at radius 2 is 2.00 bits per heavy atom. The standard InChI is InChI=1S/C22H18N4O4S/c1-13-3-2-4-14(9-13)19-20-21(31-25-19)22(28)26(12-23-20)11-18(27)24-15-5-6-16-17(10-15)30-8-7-29-16/h2-6,9-10,12H,7-8,11H2,1H3,(H,24,27). The molecule has 3 heterocycles. The first kappa shape index (κ1) is 19.3. The molecular weight excluding hydrogens is 416 g/mol. The van der Waals surface area contributed by atoms with Crippen LogP contribution in [-0.4, -0.2) is 33.0 Å². The van der Waals surface area contributed by atoms with Crippen LogP contribution in [0.3, 0.4) is 0 Å². The molecule has 2 aromatic carbocycles. The summed E-state index contributed by atoms with van der Waals surface area (Å²) >= 11 is 1.09. The van der Waals surface area contributed by atoms with Crippen LogP contribution in [0.15, 0.2) is 53.6 Å². The van der Waals surface area contributed by atoms with Gasteiger partial charge in [0, 0.05) is 17.3 Å². The van der Waals surface area contributed by atoms with E-state index >= 15 is 0 Å². The molecule has 1 amide bonds. The van der Waals surface area contributed by atoms with Gasteiger partial charge in [-0.3, -0.25) is 14.2 Å². The van der Waals surface area contributed by atoms with Gasteiger partial charge in [-0.2, -0.15) is 4.37 Å². The minimum atomic E-state index is -0.344. The molecule has 0 atom stereocenters. The molecule has 156 valence electrons. The molecule has 0 radical (unpaired) electrons. The highest BCUT2D eigenvalue weighted by atomic mass is 32.1. The van der Waals surface area contributed by atoms with Gasteiger partial charge in [-0.1, -0.05) is 23.8 Å². The van der Waals surface area contributed by atoms with Crippen LogP contribution in [0.5, 0.6) is 11.5 Å². The Balaban J connectivity index is 1.38. The van der Waals surface area contributed by atoms with Gasteiger partial charge in [0.15, 0.2) is 11.5 Å². The molecule has 1 aliphatic rings. The summed E-state index contributed by atoms with van der Waals surface area (Å²) in [5, 5.41) is 2.78. The number of anilines is 1. The molecule has 2 aromatic heterocycles. The third kappa shape index (κ3) is 3.75. The second-order valence-electron chi connectivity index (χ2n) is 7.16. The third-order valence-corrected chi connectivity index (χ3v) is 5.70. The van der Waals surface area contributed by atoms with Crippen molar-refractivity contribution >= 4 is 33.3 Å². The molecule has 0 bridgehead atoms. The monoisotopic (exact) mass is 434 g/mol. The Morgan fingerprint density at radius 3 is 2.84 bits per heavy atom. The van der Waals surface area contributed by atoms with Gasteiger partial charge < -0.3 is 14.8 Å². The fraction of sp³-hybridized carbons (Fsp3) is 0.182. The SMILES string of the molecule is Cc1cccc(-c2nsc3c(=O)n(CC(=O)Nc4ccc5c(c4)OCCO5)cnc23)c1. The smallest absolute Gasteiger partial charge is 0.273 e. The van der Waals surface area contributed by atoms with Crippen molar-refractivity contribution in [3.63, 3.8) is 0 Å². The molecule has 1 N–H and O–H groups in total. The van der Waals surface area contributed by atoms with E-state index in [0.717, 1.165) is 22.7 Å². The molecule has 0 aliphatic carbocycles. The number of rotatable bonds is 4. The highest BCUT2D eigenvalue weighted by Crippen LogP contribution is 2.32. The zero-order chi connectivity index (χ0) is 21.4. The van der Waals surface area contributed by atoms with Crippen molar-refractivity contribution in [3.05, 3.63) is 64.7 Å². The van der Waals surface area contributed by atoms with E-state index in [1.807, 2.05) is 31.2 Å². The first-order valence-corrected chi connectivity index (χ1v) is 10.5. The molecule has 0 saturated carbocycles. The molecule has 0 spiro atoms. The average Bonchev–Trinajstić information content (AvgIpc) is 3.20. The Morgan fingerprint density at radius 1 is 1.16 bits per heavy atom. The van der Waals surface area contributed by atoms with Crippen molar-refractivity contribution in [1.82, 2.24) is 13.9 Å². The lowest BCUT2D eigenvalue weighted by Crippen LogP contribution is -2.27. The maximum absolute atomic E-state index is 12.9. The van der Waals surface area contributed by atoms with E-state index in [2.05, 4.69) is 14.7 Å². The number of fused-ring (bicyclic) bond motifs is 2. The molecule has 9 heteroatoms. The predicted octanol–water partition coefficient (Wildman–Crippen LogP) is 3.24. The number of hydrogen-bond acceptors (Lipinski definition) is 7. The van der Waals surface area contributed by atoms with Gasteiger partial charge in [0.2, 0.25) is 5.91 Å². The van der Waals surface area contributed by atoms with Crippen LogP contribution in [0.25, 0.3) is 21.5 Å². The number of amides is 1. The number of nitrogens with zero attached hydrogens (tertiary/aromatic N) is 3. The van der Waals surface area contributed by atoms with Crippen LogP contribution in [0.4, 0.5) is 5.69 Å². The molecular formula is C22H18N4O4S. The van der Waals surface area contributed by atoms with E-state index in [0.29, 0.717) is 46.3 Å². The Hall–Kier alpha value is -3.72. The molecule has 31 heavy (non-hydrogen) atoms. The number of carbonyl (C=O) groups excluding carboxylic acids is 1. The summed E-state index contributed by atoms with van der Waals surface area (Å²) in [6, 6.07) is 13.1. The number of carbonyl (C=O) groups is 1. The molecule has 8 nitrogen and oxygen atoms in total. The number of aromatic nitrogens is 3. The summed E-state index contributed by atoms with van der Waals surface area (Å²) < 4.78 is 17.2. The van der Waals surface area contributed by atoms with Crippen LogP contribution in [0.2, 0.25) is 0 Å². The van der Waals surface area contributed by atoms with Gasteiger partial charge in [-0.05, 0) is 36.7 Å². The lowest BCUT2D eigenvalue weighted by atomic mass is 10.1. The number of hydrogen-bond donors (Lipinski definition) is 1. The van der Waals surface area contributed by atoms with Crippen LogP contribution >= 0.6 is 11.5 Å². The molecule has 4 aromatic rings. The van der Waals surface area contributed by atoms with Crippen molar-refractivity contribution in [3.8, 4) is 22.8 Å². The quantitative estimate of drug-likeness (QED) is 0.530. The number of ether oxygens (including phenoxy) is 2. The number of benzene rings is 2. The zero-order valence-electron chi connectivity index (χ0n) is 16.6. The summed E-state index contributed by atoms with van der Waals surface area (Å²) in [5.74, 6) is 0.880. The summed E-state index contributed by atoms with van der Waals surface area (Å²) in [5.41, 5.74) is 3.50. The van der Waals surface area contributed by atoms with Crippen molar-refractivity contribution in [2.45, 2.75) is 13.5 Å². The van der Waals surface area contributed by atoms with E-state index in [1.165, 1.54) is 10.9 Å². The highest BCUT2D eigenvalue weighted by Gasteiger charge is 2.17. The lowest BCUT2D eigenvalue weighted by Gasteiger charge is -2.19. The van der Waals surface area contributed by atoms with Gasteiger partial charge in [0.05, 0.1) is 6.33 Å². The van der Waals surface area contributed by atoms with Gasteiger partial charge in [-0.15, -0.1) is 0 Å². The summed E-state index contributed by atoms with van der Waals surface area (Å²) in [4.78, 5) is 29.8. The second kappa shape index (κ2) is 7.84. The lowest BCUT2D eigenvalue weighted by molar-refractivity contribution is -0.116. The van der Waals surface area contributed by atoms with Crippen molar-refractivity contribution in [2.24, 2.45) is 0 Å². The van der Waals surface area contributed by atoms with E-state index < -0.39 is 0 Å². The average molecular weight is 434 g/mol. The maximum Gasteiger partial charge on any atom is 0.273 e. The van der Waals surface area contributed by atoms with Gasteiger partial charge in [0.1, 0.15) is 35.7 Å². The Kier molecular flexibility index (Phi) is 4.87. The predicted molar refractivity (Wildman–Crippen MR) is 118 cm³/mol. The first-order chi connectivity index (χ1) is 15.1. The molecule has 0 saturated heterocycles. The molecule has 0 fully saturated rings. The Labute approximate surface area is 181 Å².